The van der Waals surface area contributed by atoms with Crippen LogP contribution in [0.3, 0.4) is 0 Å². The second kappa shape index (κ2) is 7.27. The molecule has 0 bridgehead atoms. The van der Waals surface area contributed by atoms with Crippen LogP contribution in [0.15, 0.2) is 0 Å². The summed E-state index contributed by atoms with van der Waals surface area (Å²) in [5.41, 5.74) is 0.426. The summed E-state index contributed by atoms with van der Waals surface area (Å²) >= 11 is 0. The number of nitrogens with one attached hydrogen (secondary N) is 1. The van der Waals surface area contributed by atoms with Crippen molar-refractivity contribution in [3.05, 3.63) is 0 Å². The van der Waals surface area contributed by atoms with Crippen LogP contribution in [0.25, 0.3) is 0 Å². The summed E-state index contributed by atoms with van der Waals surface area (Å²) in [6, 6.07) is 0. The van der Waals surface area contributed by atoms with Crippen LogP contribution in [0.2, 0.25) is 0 Å². The van der Waals surface area contributed by atoms with Crippen LogP contribution in [0.1, 0.15) is 60.8 Å². The van der Waals surface area contributed by atoms with E-state index < -0.39 is 0 Å². The Morgan fingerprint density at radius 2 is 1.67 bits per heavy atom. The second-order valence-electron chi connectivity index (χ2n) is 5.94. The molecule has 0 spiro atoms. The Morgan fingerprint density at radius 1 is 1.07 bits per heavy atom. The van der Waals surface area contributed by atoms with Crippen molar-refractivity contribution in [2.75, 3.05) is 13.1 Å². The van der Waals surface area contributed by atoms with Crippen molar-refractivity contribution in [3.63, 3.8) is 0 Å². The third-order valence-corrected chi connectivity index (χ3v) is 3.33. The number of hydrogen-bond acceptors (Lipinski definition) is 1. The minimum Gasteiger partial charge on any atom is -0.316 e. The van der Waals surface area contributed by atoms with Crippen molar-refractivity contribution in [1.29, 1.82) is 0 Å². The van der Waals surface area contributed by atoms with E-state index >= 15 is 0 Å². The summed E-state index contributed by atoms with van der Waals surface area (Å²) < 4.78 is 0. The summed E-state index contributed by atoms with van der Waals surface area (Å²) in [7, 11) is 0. The van der Waals surface area contributed by atoms with E-state index in [1.165, 1.54) is 25.8 Å². The van der Waals surface area contributed by atoms with Gasteiger partial charge >= 0.3 is 0 Å². The van der Waals surface area contributed by atoms with E-state index in [-0.39, 0.29) is 0 Å². The van der Waals surface area contributed by atoms with Crippen LogP contribution in [0.4, 0.5) is 0 Å². The van der Waals surface area contributed by atoms with Gasteiger partial charge in [-0.2, -0.15) is 0 Å². The first-order chi connectivity index (χ1) is 6.93. The first kappa shape index (κ1) is 15.0. The quantitative estimate of drug-likeness (QED) is 0.628. The Balaban J connectivity index is 4.18. The molecule has 2 atom stereocenters. The van der Waals surface area contributed by atoms with Gasteiger partial charge in [-0.1, -0.05) is 54.4 Å². The molecule has 0 aliphatic heterocycles. The highest BCUT2D eigenvalue weighted by Gasteiger charge is 2.28. The van der Waals surface area contributed by atoms with E-state index in [4.69, 9.17) is 0 Å². The molecule has 0 radical (unpaired) electrons. The molecule has 1 nitrogen and oxygen atoms in total. The van der Waals surface area contributed by atoms with Gasteiger partial charge in [0.05, 0.1) is 0 Å². The fraction of sp³-hybridized carbons (Fsp3) is 1.00. The number of rotatable bonds is 7. The standard InChI is InChI=1S/C14H31N/c1-7-9-12(3)13(14(4,5)6)11-15-10-8-2/h12-13,15H,7-11H2,1-6H3. The molecular formula is C14H31N. The molecule has 0 aliphatic rings. The summed E-state index contributed by atoms with van der Waals surface area (Å²) in [5.74, 6) is 1.63. The van der Waals surface area contributed by atoms with E-state index in [1.807, 2.05) is 0 Å². The molecule has 15 heavy (non-hydrogen) atoms. The Labute approximate surface area is 97.0 Å². The number of hydrogen-bond donors (Lipinski definition) is 1. The molecule has 0 saturated heterocycles. The van der Waals surface area contributed by atoms with E-state index in [0.29, 0.717) is 5.41 Å². The average molecular weight is 213 g/mol. The molecule has 0 saturated carbocycles. The van der Waals surface area contributed by atoms with Crippen molar-refractivity contribution >= 4 is 0 Å². The maximum absolute atomic E-state index is 3.58. The van der Waals surface area contributed by atoms with Crippen LogP contribution >= 0.6 is 0 Å². The maximum atomic E-state index is 3.58. The third kappa shape index (κ3) is 6.19. The van der Waals surface area contributed by atoms with Crippen LogP contribution in [-0.2, 0) is 0 Å². The minimum absolute atomic E-state index is 0.426. The maximum Gasteiger partial charge on any atom is -0.00130 e. The van der Waals surface area contributed by atoms with Gasteiger partial charge in [-0.05, 0) is 36.8 Å². The zero-order valence-electron chi connectivity index (χ0n) is 11.7. The van der Waals surface area contributed by atoms with E-state index in [9.17, 15) is 0 Å². The van der Waals surface area contributed by atoms with Gasteiger partial charge < -0.3 is 5.32 Å². The van der Waals surface area contributed by atoms with Crippen molar-refractivity contribution < 1.29 is 0 Å². The summed E-state index contributed by atoms with van der Waals surface area (Å²) in [6.07, 6.45) is 3.90. The SMILES string of the molecule is CCCNCC(C(C)CCC)C(C)(C)C. The van der Waals surface area contributed by atoms with Gasteiger partial charge in [0.2, 0.25) is 0 Å². The fourth-order valence-corrected chi connectivity index (χ4v) is 2.45. The molecule has 0 aromatic rings. The minimum atomic E-state index is 0.426. The van der Waals surface area contributed by atoms with E-state index in [0.717, 1.165) is 18.4 Å². The first-order valence-electron chi connectivity index (χ1n) is 6.64. The highest BCUT2D eigenvalue weighted by Crippen LogP contribution is 2.33. The summed E-state index contributed by atoms with van der Waals surface area (Å²) in [6.45, 7) is 16.4. The lowest BCUT2D eigenvalue weighted by Gasteiger charge is -2.36. The van der Waals surface area contributed by atoms with E-state index in [2.05, 4.69) is 46.9 Å². The summed E-state index contributed by atoms with van der Waals surface area (Å²) in [5, 5.41) is 3.58. The Hall–Kier alpha value is -0.0400. The zero-order valence-corrected chi connectivity index (χ0v) is 11.7. The molecule has 0 fully saturated rings. The third-order valence-electron chi connectivity index (χ3n) is 3.33. The van der Waals surface area contributed by atoms with Crippen molar-refractivity contribution in [2.45, 2.75) is 60.8 Å². The molecular weight excluding hydrogens is 182 g/mol. The van der Waals surface area contributed by atoms with Crippen LogP contribution < -0.4 is 5.32 Å². The van der Waals surface area contributed by atoms with Crippen molar-refractivity contribution in [3.8, 4) is 0 Å². The smallest absolute Gasteiger partial charge is 0.00130 e. The predicted octanol–water partition coefficient (Wildman–Crippen LogP) is 4.08. The van der Waals surface area contributed by atoms with Gasteiger partial charge in [-0.25, -0.2) is 0 Å². The molecule has 1 heteroatoms. The molecule has 0 aromatic heterocycles. The lowest BCUT2D eigenvalue weighted by Crippen LogP contribution is -2.36. The first-order valence-corrected chi connectivity index (χ1v) is 6.64. The van der Waals surface area contributed by atoms with Crippen molar-refractivity contribution in [2.24, 2.45) is 17.3 Å². The van der Waals surface area contributed by atoms with Gasteiger partial charge in [0.1, 0.15) is 0 Å². The zero-order chi connectivity index (χ0) is 11.9. The van der Waals surface area contributed by atoms with Crippen LogP contribution in [-0.4, -0.2) is 13.1 Å². The molecule has 2 unspecified atom stereocenters. The van der Waals surface area contributed by atoms with Crippen LogP contribution in [0.5, 0.6) is 0 Å². The molecule has 0 aliphatic carbocycles. The molecule has 0 amide bonds. The molecule has 0 rings (SSSR count). The van der Waals surface area contributed by atoms with Crippen molar-refractivity contribution in [1.82, 2.24) is 5.32 Å². The van der Waals surface area contributed by atoms with Gasteiger partial charge in [0, 0.05) is 0 Å². The Kier molecular flexibility index (Phi) is 7.25. The predicted molar refractivity (Wildman–Crippen MR) is 70.2 cm³/mol. The van der Waals surface area contributed by atoms with E-state index in [1.54, 1.807) is 0 Å². The molecule has 0 heterocycles. The second-order valence-corrected chi connectivity index (χ2v) is 5.94. The van der Waals surface area contributed by atoms with Gasteiger partial charge in [-0.3, -0.25) is 0 Å². The molecule has 0 aromatic carbocycles. The fourth-order valence-electron chi connectivity index (χ4n) is 2.45. The highest BCUT2D eigenvalue weighted by atomic mass is 14.9. The molecule has 92 valence electrons. The van der Waals surface area contributed by atoms with Gasteiger partial charge in [0.15, 0.2) is 0 Å². The Bertz CT molecular complexity index is 146. The van der Waals surface area contributed by atoms with Gasteiger partial charge in [0.25, 0.3) is 0 Å². The highest BCUT2D eigenvalue weighted by molar-refractivity contribution is 4.80. The molecule has 1 N–H and O–H groups in total. The average Bonchev–Trinajstić information content (AvgIpc) is 2.10. The topological polar surface area (TPSA) is 12.0 Å². The summed E-state index contributed by atoms with van der Waals surface area (Å²) in [4.78, 5) is 0. The largest absolute Gasteiger partial charge is 0.316 e. The normalized spacial score (nSPS) is 16.4. The Morgan fingerprint density at radius 3 is 2.07 bits per heavy atom. The van der Waals surface area contributed by atoms with Crippen LogP contribution in [0, 0.1) is 17.3 Å². The lowest BCUT2D eigenvalue weighted by atomic mass is 9.72. The lowest BCUT2D eigenvalue weighted by molar-refractivity contribution is 0.156. The van der Waals surface area contributed by atoms with Gasteiger partial charge in [-0.15, -0.1) is 0 Å². The monoisotopic (exact) mass is 213 g/mol.